The highest BCUT2D eigenvalue weighted by Gasteiger charge is 2.37. The molecule has 1 fully saturated rings. The maximum atomic E-state index is 13.7. The average Bonchev–Trinajstić information content (AvgIpc) is 3.47. The number of halogens is 6. The third-order valence-corrected chi connectivity index (χ3v) is 7.97. The molecule has 0 aliphatic heterocycles. The molecule has 246 valence electrons. The maximum absolute atomic E-state index is 13.7. The van der Waals surface area contributed by atoms with Gasteiger partial charge in [0.1, 0.15) is 5.82 Å². The van der Waals surface area contributed by atoms with E-state index < -0.39 is 30.0 Å². The molecule has 4 rings (SSSR count). The lowest BCUT2D eigenvalue weighted by atomic mass is 10.0. The van der Waals surface area contributed by atoms with Crippen molar-refractivity contribution in [2.75, 3.05) is 44.0 Å². The van der Waals surface area contributed by atoms with Crippen LogP contribution < -0.4 is 21.4 Å². The van der Waals surface area contributed by atoms with Crippen LogP contribution in [0.5, 0.6) is 0 Å². The second kappa shape index (κ2) is 13.6. The number of benzene rings is 2. The summed E-state index contributed by atoms with van der Waals surface area (Å²) in [6, 6.07) is 9.29. The van der Waals surface area contributed by atoms with E-state index >= 15 is 0 Å². The van der Waals surface area contributed by atoms with Gasteiger partial charge in [0.25, 0.3) is 0 Å². The van der Waals surface area contributed by atoms with Gasteiger partial charge in [-0.3, -0.25) is 0 Å². The second-order valence-corrected chi connectivity index (χ2v) is 11.7. The number of fused-ring (bicyclic) bond motifs is 1. The number of anilines is 2. The van der Waals surface area contributed by atoms with Gasteiger partial charge in [0.05, 0.1) is 16.6 Å². The van der Waals surface area contributed by atoms with Crippen molar-refractivity contribution in [3.05, 3.63) is 64.7 Å². The number of hydrogen-bond donors (Lipinski definition) is 2. The van der Waals surface area contributed by atoms with E-state index in [-0.39, 0.29) is 24.1 Å². The van der Waals surface area contributed by atoms with E-state index in [4.69, 9.17) is 16.6 Å². The Morgan fingerprint density at radius 2 is 1.53 bits per heavy atom. The number of hydrazine groups is 1. The first-order valence-electron chi connectivity index (χ1n) is 14.8. The Kier molecular flexibility index (Phi) is 10.3. The lowest BCUT2D eigenvalue weighted by Crippen LogP contribution is -2.40. The molecule has 0 bridgehead atoms. The number of guanidine groups is 1. The molecule has 0 amide bonds. The van der Waals surface area contributed by atoms with Crippen LogP contribution in [0.4, 0.5) is 37.8 Å². The van der Waals surface area contributed by atoms with Crippen molar-refractivity contribution < 1.29 is 26.3 Å². The van der Waals surface area contributed by atoms with Gasteiger partial charge in [-0.15, -0.1) is 5.10 Å². The minimum Gasteiger partial charge on any atom is -0.378 e. The summed E-state index contributed by atoms with van der Waals surface area (Å²) in [6.07, 6.45) is -5.43. The van der Waals surface area contributed by atoms with Crippen molar-refractivity contribution >= 4 is 28.4 Å². The number of hydrogen-bond acceptors (Lipinski definition) is 6. The number of rotatable bonds is 10. The fraction of sp³-hybridized carbons (Fsp3) is 0.484. The Morgan fingerprint density at radius 3 is 2.07 bits per heavy atom. The van der Waals surface area contributed by atoms with E-state index in [1.165, 1.54) is 11.9 Å². The van der Waals surface area contributed by atoms with Crippen LogP contribution in [0.3, 0.4) is 0 Å². The number of nitrogens with two attached hydrogens (primary N) is 2. The van der Waals surface area contributed by atoms with E-state index in [9.17, 15) is 26.3 Å². The number of pyridine rings is 1. The third-order valence-electron chi connectivity index (χ3n) is 7.97. The summed E-state index contributed by atoms with van der Waals surface area (Å²) in [5, 5.41) is 5.78. The molecule has 4 N–H and O–H groups in total. The standard InChI is InChI=1S/C31H40F6N8/c1-5-44(17-20-8-6-7-9-20)28-23(14-22-10-11-26(42(2)3)16-27(22)40-28)19-45(29(38)41-43(4)39)18-21-12-24(30(32,33)34)15-25(13-21)31(35,36)37/h10-16,20H,5-9,17-19,39H2,1-4H3,(H2,38,41). The fourth-order valence-corrected chi connectivity index (χ4v) is 5.71. The molecular formula is C31H40F6N8. The first-order chi connectivity index (χ1) is 21.0. The molecule has 1 heterocycles. The number of hydrazone groups is 1. The maximum Gasteiger partial charge on any atom is 0.416 e. The van der Waals surface area contributed by atoms with Crippen molar-refractivity contribution in [1.29, 1.82) is 0 Å². The Hall–Kier alpha value is -3.94. The smallest absolute Gasteiger partial charge is 0.378 e. The Bertz CT molecular complexity index is 1460. The molecule has 2 aromatic carbocycles. The fourth-order valence-electron chi connectivity index (χ4n) is 5.71. The summed E-state index contributed by atoms with van der Waals surface area (Å²) in [7, 11) is 5.27. The van der Waals surface area contributed by atoms with Gasteiger partial charge >= 0.3 is 12.4 Å². The SMILES string of the molecule is CCN(CC1CCCC1)c1nc2cc(N(C)C)ccc2cc1CN(Cc1cc(C(F)(F)F)cc(C(F)(F)F)c1)/C(N)=N/N(C)N. The molecule has 8 nitrogen and oxygen atoms in total. The predicted molar refractivity (Wildman–Crippen MR) is 165 cm³/mol. The predicted octanol–water partition coefficient (Wildman–Crippen LogP) is 6.39. The molecule has 0 saturated heterocycles. The van der Waals surface area contributed by atoms with Gasteiger partial charge in [-0.1, -0.05) is 18.9 Å². The number of alkyl halides is 6. The molecule has 1 saturated carbocycles. The Balaban J connectivity index is 1.83. The molecule has 14 heteroatoms. The summed E-state index contributed by atoms with van der Waals surface area (Å²) in [4.78, 5) is 10.6. The van der Waals surface area contributed by atoms with Crippen LogP contribution in [-0.4, -0.2) is 55.2 Å². The highest BCUT2D eigenvalue weighted by Crippen LogP contribution is 2.37. The van der Waals surface area contributed by atoms with Crippen molar-refractivity contribution in [3.8, 4) is 0 Å². The van der Waals surface area contributed by atoms with E-state index in [0.29, 0.717) is 36.0 Å². The summed E-state index contributed by atoms with van der Waals surface area (Å²) in [5.41, 5.74) is 5.65. The molecule has 0 spiro atoms. The van der Waals surface area contributed by atoms with E-state index in [2.05, 4.69) is 10.0 Å². The normalized spacial score (nSPS) is 14.7. The lowest BCUT2D eigenvalue weighted by Gasteiger charge is -2.31. The van der Waals surface area contributed by atoms with Gasteiger partial charge in [-0.25, -0.2) is 15.9 Å². The molecule has 0 radical (unpaired) electrons. The summed E-state index contributed by atoms with van der Waals surface area (Å²) in [5.74, 6) is 6.68. The highest BCUT2D eigenvalue weighted by atomic mass is 19.4. The van der Waals surface area contributed by atoms with E-state index in [0.717, 1.165) is 53.9 Å². The minimum atomic E-state index is -4.99. The summed E-state index contributed by atoms with van der Waals surface area (Å²) >= 11 is 0. The van der Waals surface area contributed by atoms with E-state index in [1.807, 2.05) is 50.2 Å². The molecule has 3 aromatic rings. The first-order valence-corrected chi connectivity index (χ1v) is 14.8. The van der Waals surface area contributed by atoms with Crippen LogP contribution in [0.15, 0.2) is 47.6 Å². The molecule has 0 unspecified atom stereocenters. The second-order valence-electron chi connectivity index (χ2n) is 11.7. The van der Waals surface area contributed by atoms with Crippen LogP contribution in [0.25, 0.3) is 10.9 Å². The highest BCUT2D eigenvalue weighted by molar-refractivity contribution is 5.85. The molecule has 1 aliphatic rings. The zero-order valence-electron chi connectivity index (χ0n) is 25.9. The van der Waals surface area contributed by atoms with Crippen LogP contribution in [0.2, 0.25) is 0 Å². The average molecular weight is 639 g/mol. The molecule has 1 aromatic heterocycles. The van der Waals surface area contributed by atoms with Crippen LogP contribution in [0.1, 0.15) is 54.9 Å². The molecule has 45 heavy (non-hydrogen) atoms. The van der Waals surface area contributed by atoms with Crippen molar-refractivity contribution in [3.63, 3.8) is 0 Å². The Labute approximate surface area is 259 Å². The largest absolute Gasteiger partial charge is 0.416 e. The zero-order chi connectivity index (χ0) is 33.1. The summed E-state index contributed by atoms with van der Waals surface area (Å²) < 4.78 is 81.9. The Morgan fingerprint density at radius 1 is 0.911 bits per heavy atom. The zero-order valence-corrected chi connectivity index (χ0v) is 25.9. The van der Waals surface area contributed by atoms with Gasteiger partial charge in [0.15, 0.2) is 0 Å². The van der Waals surface area contributed by atoms with Gasteiger partial charge in [0, 0.05) is 64.0 Å². The van der Waals surface area contributed by atoms with Gasteiger partial charge < -0.3 is 20.4 Å². The topological polar surface area (TPSA) is 90.2 Å². The quantitative estimate of drug-likeness (QED) is 0.0875. The van der Waals surface area contributed by atoms with Crippen LogP contribution in [-0.2, 0) is 25.4 Å². The van der Waals surface area contributed by atoms with Gasteiger partial charge in [-0.2, -0.15) is 26.3 Å². The molecule has 1 aliphatic carbocycles. The van der Waals surface area contributed by atoms with Crippen molar-refractivity contribution in [2.24, 2.45) is 22.6 Å². The van der Waals surface area contributed by atoms with Crippen molar-refractivity contribution in [1.82, 2.24) is 15.0 Å². The van der Waals surface area contributed by atoms with Crippen LogP contribution >= 0.6 is 0 Å². The number of nitrogens with zero attached hydrogens (tertiary/aromatic N) is 6. The minimum absolute atomic E-state index is 0.00432. The third kappa shape index (κ3) is 8.62. The molecular weight excluding hydrogens is 598 g/mol. The number of aromatic nitrogens is 1. The first kappa shape index (κ1) is 33.9. The van der Waals surface area contributed by atoms with Gasteiger partial charge in [-0.05, 0) is 67.6 Å². The molecule has 0 atom stereocenters. The monoisotopic (exact) mass is 638 g/mol. The van der Waals surface area contributed by atoms with Crippen LogP contribution in [0, 0.1) is 5.92 Å². The van der Waals surface area contributed by atoms with Gasteiger partial charge in [0.2, 0.25) is 5.96 Å². The van der Waals surface area contributed by atoms with E-state index in [1.54, 1.807) is 0 Å². The van der Waals surface area contributed by atoms with Crippen molar-refractivity contribution in [2.45, 2.75) is 58.0 Å². The summed E-state index contributed by atoms with van der Waals surface area (Å²) in [6.45, 7) is 3.04. The lowest BCUT2D eigenvalue weighted by molar-refractivity contribution is -0.143.